The van der Waals surface area contributed by atoms with Crippen LogP contribution >= 0.6 is 23.2 Å². The van der Waals surface area contributed by atoms with E-state index in [1.807, 2.05) is 19.1 Å². The summed E-state index contributed by atoms with van der Waals surface area (Å²) in [4.78, 5) is 12.3. The molecule has 0 aliphatic heterocycles. The van der Waals surface area contributed by atoms with Gasteiger partial charge >= 0.3 is 0 Å². The van der Waals surface area contributed by atoms with Gasteiger partial charge in [-0.25, -0.2) is 0 Å². The van der Waals surface area contributed by atoms with E-state index in [1.165, 1.54) is 0 Å². The van der Waals surface area contributed by atoms with Crippen molar-refractivity contribution < 1.29 is 9.32 Å². The molecule has 0 saturated carbocycles. The van der Waals surface area contributed by atoms with Crippen molar-refractivity contribution in [1.82, 2.24) is 10.5 Å². The Morgan fingerprint density at radius 1 is 1.04 bits per heavy atom. The van der Waals surface area contributed by atoms with Gasteiger partial charge in [0, 0.05) is 21.7 Å². The van der Waals surface area contributed by atoms with Crippen molar-refractivity contribution in [3.05, 3.63) is 75.9 Å². The molecule has 2 aromatic carbocycles. The minimum absolute atomic E-state index is 0.176. The van der Waals surface area contributed by atoms with E-state index >= 15 is 0 Å². The van der Waals surface area contributed by atoms with Crippen LogP contribution in [0.25, 0.3) is 11.3 Å². The van der Waals surface area contributed by atoms with Gasteiger partial charge in [-0.15, -0.1) is 0 Å². The lowest BCUT2D eigenvalue weighted by Crippen LogP contribution is -2.26. The van der Waals surface area contributed by atoms with Crippen LogP contribution in [0.4, 0.5) is 0 Å². The first-order valence-electron chi connectivity index (χ1n) is 7.32. The van der Waals surface area contributed by atoms with Gasteiger partial charge in [0.05, 0.1) is 6.04 Å². The van der Waals surface area contributed by atoms with Gasteiger partial charge in [0.2, 0.25) is 0 Å². The average molecular weight is 361 g/mol. The maximum Gasteiger partial charge on any atom is 0.273 e. The number of amides is 1. The third-order valence-electron chi connectivity index (χ3n) is 3.59. The number of halogens is 2. The first kappa shape index (κ1) is 16.6. The third-order valence-corrected chi connectivity index (χ3v) is 4.09. The number of aromatic nitrogens is 1. The van der Waals surface area contributed by atoms with Crippen LogP contribution < -0.4 is 5.32 Å². The molecular weight excluding hydrogens is 347 g/mol. The molecule has 0 saturated heterocycles. The Kier molecular flexibility index (Phi) is 4.88. The Labute approximate surface area is 149 Å². The molecule has 1 unspecified atom stereocenters. The summed E-state index contributed by atoms with van der Waals surface area (Å²) in [5.41, 5.74) is 1.98. The normalized spacial score (nSPS) is 12.0. The van der Waals surface area contributed by atoms with Crippen LogP contribution in [-0.2, 0) is 0 Å². The van der Waals surface area contributed by atoms with Crippen molar-refractivity contribution in [3.8, 4) is 11.3 Å². The molecule has 0 bridgehead atoms. The highest BCUT2D eigenvalue weighted by Gasteiger charge is 2.16. The lowest BCUT2D eigenvalue weighted by molar-refractivity contribution is 0.0931. The second-order valence-corrected chi connectivity index (χ2v) is 6.20. The van der Waals surface area contributed by atoms with Gasteiger partial charge in [0.1, 0.15) is 0 Å². The quantitative estimate of drug-likeness (QED) is 0.700. The molecule has 1 heterocycles. The monoisotopic (exact) mass is 360 g/mol. The van der Waals surface area contributed by atoms with Crippen LogP contribution in [0.3, 0.4) is 0 Å². The highest BCUT2D eigenvalue weighted by Crippen LogP contribution is 2.23. The summed E-state index contributed by atoms with van der Waals surface area (Å²) < 4.78 is 5.24. The highest BCUT2D eigenvalue weighted by molar-refractivity contribution is 6.30. The molecule has 1 amide bonds. The van der Waals surface area contributed by atoms with E-state index in [1.54, 1.807) is 42.5 Å². The summed E-state index contributed by atoms with van der Waals surface area (Å²) in [5.74, 6) is 0.206. The van der Waals surface area contributed by atoms with Gasteiger partial charge in [-0.2, -0.15) is 0 Å². The number of hydrogen-bond donors (Lipinski definition) is 1. The van der Waals surface area contributed by atoms with E-state index in [2.05, 4.69) is 10.5 Å². The summed E-state index contributed by atoms with van der Waals surface area (Å²) in [6, 6.07) is 15.9. The van der Waals surface area contributed by atoms with E-state index < -0.39 is 0 Å². The van der Waals surface area contributed by atoms with Crippen molar-refractivity contribution in [2.24, 2.45) is 0 Å². The van der Waals surface area contributed by atoms with Crippen LogP contribution in [0.1, 0.15) is 29.0 Å². The van der Waals surface area contributed by atoms with E-state index in [0.29, 0.717) is 15.8 Å². The number of carbonyl (C=O) groups is 1. The van der Waals surface area contributed by atoms with E-state index in [0.717, 1.165) is 11.1 Å². The van der Waals surface area contributed by atoms with Crippen molar-refractivity contribution >= 4 is 29.1 Å². The van der Waals surface area contributed by atoms with Crippen LogP contribution in [0.2, 0.25) is 10.0 Å². The molecule has 0 spiro atoms. The van der Waals surface area contributed by atoms with Gasteiger partial charge in [-0.3, -0.25) is 4.79 Å². The molecule has 1 N–H and O–H groups in total. The molecule has 4 nitrogen and oxygen atoms in total. The SMILES string of the molecule is CC(NC(=O)c1cc(-c2ccc(Cl)cc2)on1)c1ccc(Cl)cc1. The van der Waals surface area contributed by atoms with Crippen molar-refractivity contribution in [2.75, 3.05) is 0 Å². The summed E-state index contributed by atoms with van der Waals surface area (Å²) >= 11 is 11.7. The molecule has 3 aromatic rings. The first-order valence-corrected chi connectivity index (χ1v) is 8.07. The summed E-state index contributed by atoms with van der Waals surface area (Å²) in [7, 11) is 0. The summed E-state index contributed by atoms with van der Waals surface area (Å²) in [6.45, 7) is 1.89. The molecule has 3 rings (SSSR count). The first-order chi connectivity index (χ1) is 11.5. The van der Waals surface area contributed by atoms with Gasteiger partial charge in [0.15, 0.2) is 11.5 Å². The van der Waals surface area contributed by atoms with Crippen LogP contribution in [0.5, 0.6) is 0 Å². The molecule has 0 aliphatic rings. The Bertz CT molecular complexity index is 842. The van der Waals surface area contributed by atoms with Gasteiger partial charge in [-0.05, 0) is 48.9 Å². The number of rotatable bonds is 4. The lowest BCUT2D eigenvalue weighted by Gasteiger charge is -2.13. The minimum Gasteiger partial charge on any atom is -0.355 e. The molecule has 1 aromatic heterocycles. The third kappa shape index (κ3) is 3.78. The van der Waals surface area contributed by atoms with Crippen molar-refractivity contribution in [1.29, 1.82) is 0 Å². The molecule has 1 atom stereocenters. The second kappa shape index (κ2) is 7.07. The molecule has 0 radical (unpaired) electrons. The smallest absolute Gasteiger partial charge is 0.273 e. The Morgan fingerprint density at radius 3 is 2.25 bits per heavy atom. The van der Waals surface area contributed by atoms with Crippen LogP contribution in [0, 0.1) is 0 Å². The van der Waals surface area contributed by atoms with E-state index in [9.17, 15) is 4.79 Å². The summed E-state index contributed by atoms with van der Waals surface area (Å²) in [6.07, 6.45) is 0. The molecule has 24 heavy (non-hydrogen) atoms. The number of hydrogen-bond acceptors (Lipinski definition) is 3. The van der Waals surface area contributed by atoms with Crippen molar-refractivity contribution in [3.63, 3.8) is 0 Å². The topological polar surface area (TPSA) is 55.1 Å². The number of carbonyl (C=O) groups excluding carboxylic acids is 1. The number of benzene rings is 2. The second-order valence-electron chi connectivity index (χ2n) is 5.33. The maximum absolute atomic E-state index is 12.3. The fraction of sp³-hybridized carbons (Fsp3) is 0.111. The zero-order valence-electron chi connectivity index (χ0n) is 12.8. The zero-order valence-corrected chi connectivity index (χ0v) is 14.3. The molecule has 0 fully saturated rings. The molecule has 0 aliphatic carbocycles. The lowest BCUT2D eigenvalue weighted by atomic mass is 10.1. The Hall–Kier alpha value is -2.30. The number of nitrogens with one attached hydrogen (secondary N) is 1. The maximum atomic E-state index is 12.3. The minimum atomic E-state index is -0.304. The van der Waals surface area contributed by atoms with E-state index in [-0.39, 0.29) is 17.6 Å². The van der Waals surface area contributed by atoms with E-state index in [4.69, 9.17) is 27.7 Å². The average Bonchev–Trinajstić information content (AvgIpc) is 3.06. The van der Waals surface area contributed by atoms with Gasteiger partial charge in [-0.1, -0.05) is 40.5 Å². The predicted molar refractivity (Wildman–Crippen MR) is 94.3 cm³/mol. The van der Waals surface area contributed by atoms with Gasteiger partial charge in [0.25, 0.3) is 5.91 Å². The number of nitrogens with zero attached hydrogens (tertiary/aromatic N) is 1. The Balaban J connectivity index is 1.71. The molecule has 6 heteroatoms. The zero-order chi connectivity index (χ0) is 17.1. The predicted octanol–water partition coefficient (Wildman–Crippen LogP) is 5.14. The Morgan fingerprint density at radius 2 is 1.62 bits per heavy atom. The fourth-order valence-electron chi connectivity index (χ4n) is 2.24. The van der Waals surface area contributed by atoms with Crippen LogP contribution in [0.15, 0.2) is 59.1 Å². The fourth-order valence-corrected chi connectivity index (χ4v) is 2.49. The van der Waals surface area contributed by atoms with Crippen molar-refractivity contribution in [2.45, 2.75) is 13.0 Å². The molecular formula is C18H14Cl2N2O2. The van der Waals surface area contributed by atoms with Crippen LogP contribution in [-0.4, -0.2) is 11.1 Å². The largest absolute Gasteiger partial charge is 0.355 e. The highest BCUT2D eigenvalue weighted by atomic mass is 35.5. The van der Waals surface area contributed by atoms with Gasteiger partial charge < -0.3 is 9.84 Å². The molecule has 122 valence electrons. The standard InChI is InChI=1S/C18H14Cl2N2O2/c1-11(12-2-6-14(19)7-3-12)21-18(23)16-10-17(24-22-16)13-4-8-15(20)9-5-13/h2-11H,1H3,(H,21,23). The summed E-state index contributed by atoms with van der Waals surface area (Å²) in [5, 5.41) is 8.00.